The Hall–Kier alpha value is -2.84. The minimum Gasteiger partial charge on any atom is -0.497 e. The Labute approximate surface area is 186 Å². The van der Waals surface area contributed by atoms with Crippen molar-refractivity contribution in [1.82, 2.24) is 15.2 Å². The Kier molecular flexibility index (Phi) is 7.22. The van der Waals surface area contributed by atoms with Gasteiger partial charge in [0.2, 0.25) is 5.91 Å². The monoisotopic (exact) mass is 440 g/mol. The van der Waals surface area contributed by atoms with Crippen LogP contribution in [0.15, 0.2) is 48.5 Å². The summed E-state index contributed by atoms with van der Waals surface area (Å²) in [6.07, 6.45) is 0.366. The number of nitrogens with one attached hydrogen (secondary N) is 1. The number of rotatable bonds is 9. The molecular weight excluding hydrogens is 412 g/mol. The lowest BCUT2D eigenvalue weighted by atomic mass is 10.3. The molecule has 0 atom stereocenters. The first-order chi connectivity index (χ1) is 15.2. The van der Waals surface area contributed by atoms with Gasteiger partial charge >= 0.3 is 0 Å². The molecular formula is C23H28N4O3S. The van der Waals surface area contributed by atoms with E-state index in [1.54, 1.807) is 18.4 Å². The number of anilines is 1. The van der Waals surface area contributed by atoms with E-state index in [1.807, 2.05) is 48.5 Å². The summed E-state index contributed by atoms with van der Waals surface area (Å²) >= 11 is 1.71. The van der Waals surface area contributed by atoms with E-state index >= 15 is 0 Å². The molecule has 1 aliphatic heterocycles. The molecule has 1 N–H and O–H groups in total. The van der Waals surface area contributed by atoms with E-state index < -0.39 is 0 Å². The number of hydrogen-bond acceptors (Lipinski definition) is 7. The number of amides is 1. The summed E-state index contributed by atoms with van der Waals surface area (Å²) in [5, 5.41) is 4.06. The number of nitrogens with zero attached hydrogens (tertiary/aromatic N) is 3. The Balaban J connectivity index is 1.15. The van der Waals surface area contributed by atoms with Crippen molar-refractivity contribution in [2.24, 2.45) is 0 Å². The predicted molar refractivity (Wildman–Crippen MR) is 124 cm³/mol. The minimum absolute atomic E-state index is 0.0273. The fourth-order valence-electron chi connectivity index (χ4n) is 3.54. The van der Waals surface area contributed by atoms with Gasteiger partial charge in [-0.2, -0.15) is 0 Å². The van der Waals surface area contributed by atoms with Crippen molar-refractivity contribution in [2.45, 2.75) is 6.42 Å². The number of hydrogen-bond donors (Lipinski definition) is 1. The number of aromatic nitrogens is 1. The number of ether oxygens (including phenoxy) is 2. The molecule has 2 heterocycles. The summed E-state index contributed by atoms with van der Waals surface area (Å²) in [5.41, 5.74) is 1.02. The predicted octanol–water partition coefficient (Wildman–Crippen LogP) is 3.01. The van der Waals surface area contributed by atoms with Crippen LogP contribution in [0.25, 0.3) is 10.2 Å². The first-order valence-electron chi connectivity index (χ1n) is 10.6. The number of carbonyl (C=O) groups is 1. The molecule has 0 bridgehead atoms. The molecule has 164 valence electrons. The minimum atomic E-state index is 0.0273. The van der Waals surface area contributed by atoms with Gasteiger partial charge in [0, 0.05) is 39.3 Å². The summed E-state index contributed by atoms with van der Waals surface area (Å²) < 4.78 is 12.0. The number of methoxy groups -OCH3 is 1. The highest BCUT2D eigenvalue weighted by atomic mass is 32.1. The van der Waals surface area contributed by atoms with Gasteiger partial charge in [0.1, 0.15) is 11.5 Å². The van der Waals surface area contributed by atoms with Crippen LogP contribution in [-0.2, 0) is 4.79 Å². The van der Waals surface area contributed by atoms with Gasteiger partial charge < -0.3 is 19.7 Å². The summed E-state index contributed by atoms with van der Waals surface area (Å²) in [6, 6.07) is 15.6. The second-order valence-electron chi connectivity index (χ2n) is 7.42. The van der Waals surface area contributed by atoms with E-state index in [2.05, 4.69) is 15.1 Å². The van der Waals surface area contributed by atoms with Crippen LogP contribution in [-0.4, -0.2) is 68.8 Å². The van der Waals surface area contributed by atoms with E-state index in [4.69, 9.17) is 14.5 Å². The van der Waals surface area contributed by atoms with Crippen molar-refractivity contribution in [2.75, 3.05) is 57.9 Å². The van der Waals surface area contributed by atoms with E-state index in [-0.39, 0.29) is 5.91 Å². The van der Waals surface area contributed by atoms with Crippen LogP contribution in [0.3, 0.4) is 0 Å². The summed E-state index contributed by atoms with van der Waals surface area (Å²) in [4.78, 5) is 21.5. The second kappa shape index (κ2) is 10.5. The highest BCUT2D eigenvalue weighted by Crippen LogP contribution is 2.31. The van der Waals surface area contributed by atoms with Crippen LogP contribution in [0.4, 0.5) is 5.13 Å². The van der Waals surface area contributed by atoms with Crippen molar-refractivity contribution in [3.63, 3.8) is 0 Å². The zero-order chi connectivity index (χ0) is 21.5. The highest BCUT2D eigenvalue weighted by molar-refractivity contribution is 7.22. The molecule has 0 aliphatic carbocycles. The zero-order valence-corrected chi connectivity index (χ0v) is 18.6. The summed E-state index contributed by atoms with van der Waals surface area (Å²) in [5.74, 6) is 1.68. The molecule has 0 unspecified atom stereocenters. The van der Waals surface area contributed by atoms with Crippen LogP contribution >= 0.6 is 11.3 Å². The van der Waals surface area contributed by atoms with Crippen molar-refractivity contribution in [3.05, 3.63) is 48.5 Å². The first-order valence-corrected chi connectivity index (χ1v) is 11.4. The number of thiazole rings is 1. The fraction of sp³-hybridized carbons (Fsp3) is 0.391. The molecule has 7 nitrogen and oxygen atoms in total. The molecule has 4 rings (SSSR count). The molecule has 1 aromatic heterocycles. The summed E-state index contributed by atoms with van der Waals surface area (Å²) in [6.45, 7) is 5.72. The topological polar surface area (TPSA) is 66.9 Å². The van der Waals surface area contributed by atoms with Gasteiger partial charge in [0.15, 0.2) is 5.13 Å². The van der Waals surface area contributed by atoms with E-state index in [1.165, 1.54) is 0 Å². The van der Waals surface area contributed by atoms with Crippen LogP contribution in [0.1, 0.15) is 6.42 Å². The molecule has 1 aliphatic rings. The highest BCUT2D eigenvalue weighted by Gasteiger charge is 2.20. The van der Waals surface area contributed by atoms with Crippen LogP contribution in [0.5, 0.6) is 11.5 Å². The van der Waals surface area contributed by atoms with Gasteiger partial charge in [0.05, 0.1) is 30.4 Å². The third-order valence-corrected chi connectivity index (χ3v) is 6.40. The van der Waals surface area contributed by atoms with Crippen LogP contribution in [0.2, 0.25) is 0 Å². The SMILES string of the molecule is COc1ccc2nc(N3CCN(CCNC(=O)CCOc4ccccc4)CC3)sc2c1. The average molecular weight is 441 g/mol. The lowest BCUT2D eigenvalue weighted by Gasteiger charge is -2.34. The first kappa shape index (κ1) is 21.4. The Bertz CT molecular complexity index is 987. The number of carbonyl (C=O) groups excluding carboxylic acids is 1. The second-order valence-corrected chi connectivity index (χ2v) is 8.43. The number of piperazine rings is 1. The molecule has 0 saturated carbocycles. The third kappa shape index (κ3) is 5.86. The van der Waals surface area contributed by atoms with Gasteiger partial charge in [-0.1, -0.05) is 29.5 Å². The molecule has 0 spiro atoms. The number of benzene rings is 2. The Morgan fingerprint density at radius 2 is 1.90 bits per heavy atom. The summed E-state index contributed by atoms with van der Waals surface area (Å²) in [7, 11) is 1.68. The largest absolute Gasteiger partial charge is 0.497 e. The van der Waals surface area contributed by atoms with E-state index in [0.29, 0.717) is 19.6 Å². The third-order valence-electron chi connectivity index (χ3n) is 5.32. The lowest BCUT2D eigenvalue weighted by molar-refractivity contribution is -0.121. The molecule has 1 amide bonds. The molecule has 2 aromatic carbocycles. The molecule has 0 radical (unpaired) electrons. The fourth-order valence-corrected chi connectivity index (χ4v) is 4.58. The van der Waals surface area contributed by atoms with E-state index in [0.717, 1.165) is 59.6 Å². The van der Waals surface area contributed by atoms with Gasteiger partial charge in [0.25, 0.3) is 0 Å². The smallest absolute Gasteiger partial charge is 0.223 e. The van der Waals surface area contributed by atoms with Gasteiger partial charge in [-0.15, -0.1) is 0 Å². The number of fused-ring (bicyclic) bond motifs is 1. The molecule has 1 fully saturated rings. The molecule has 1 saturated heterocycles. The van der Waals surface area contributed by atoms with Gasteiger partial charge in [-0.3, -0.25) is 9.69 Å². The Morgan fingerprint density at radius 3 is 2.68 bits per heavy atom. The van der Waals surface area contributed by atoms with Gasteiger partial charge in [-0.25, -0.2) is 4.98 Å². The number of para-hydroxylation sites is 1. The van der Waals surface area contributed by atoms with Crippen molar-refractivity contribution in [3.8, 4) is 11.5 Å². The van der Waals surface area contributed by atoms with Gasteiger partial charge in [-0.05, 0) is 30.3 Å². The average Bonchev–Trinajstić information content (AvgIpc) is 3.23. The Morgan fingerprint density at radius 1 is 1.10 bits per heavy atom. The molecule has 8 heteroatoms. The van der Waals surface area contributed by atoms with E-state index in [9.17, 15) is 4.79 Å². The van der Waals surface area contributed by atoms with Crippen LogP contribution < -0.4 is 19.7 Å². The van der Waals surface area contributed by atoms with Crippen molar-refractivity contribution < 1.29 is 14.3 Å². The maximum Gasteiger partial charge on any atom is 0.223 e. The van der Waals surface area contributed by atoms with Crippen molar-refractivity contribution >= 4 is 32.6 Å². The lowest BCUT2D eigenvalue weighted by Crippen LogP contribution is -2.48. The maximum absolute atomic E-state index is 12.0. The quantitative estimate of drug-likeness (QED) is 0.552. The normalized spacial score (nSPS) is 14.5. The van der Waals surface area contributed by atoms with Crippen LogP contribution in [0, 0.1) is 0 Å². The van der Waals surface area contributed by atoms with Crippen molar-refractivity contribution in [1.29, 1.82) is 0 Å². The standard InChI is InChI=1S/C23H28N4O3S/c1-29-19-7-8-20-21(17-19)31-23(25-20)27-14-12-26(13-15-27)11-10-24-22(28)9-16-30-18-5-3-2-4-6-18/h2-8,17H,9-16H2,1H3,(H,24,28). The maximum atomic E-state index is 12.0. The zero-order valence-electron chi connectivity index (χ0n) is 17.8. The molecule has 3 aromatic rings. The molecule has 31 heavy (non-hydrogen) atoms.